The monoisotopic (exact) mass is 506 g/mol. The third kappa shape index (κ3) is 7.64. The summed E-state index contributed by atoms with van der Waals surface area (Å²) in [5.74, 6) is 0.152. The van der Waals surface area contributed by atoms with Crippen molar-refractivity contribution in [3.8, 4) is 5.75 Å². The Labute approximate surface area is 213 Å². The first kappa shape index (κ1) is 28.0. The van der Waals surface area contributed by atoms with Gasteiger partial charge in [0.05, 0.1) is 0 Å². The van der Waals surface area contributed by atoms with E-state index in [1.807, 2.05) is 31.2 Å². The number of hydrogen-bond donors (Lipinski definition) is 1. The van der Waals surface area contributed by atoms with Gasteiger partial charge in [-0.25, -0.2) is 0 Å². The molecule has 34 heavy (non-hydrogen) atoms. The van der Waals surface area contributed by atoms with Gasteiger partial charge in [0, 0.05) is 28.7 Å². The zero-order valence-corrected chi connectivity index (χ0v) is 22.3. The van der Waals surface area contributed by atoms with Gasteiger partial charge in [0.15, 0.2) is 6.61 Å². The number of amides is 2. The summed E-state index contributed by atoms with van der Waals surface area (Å²) < 4.78 is 5.99. The van der Waals surface area contributed by atoms with Gasteiger partial charge in [-0.05, 0) is 42.0 Å². The van der Waals surface area contributed by atoms with E-state index in [2.05, 4.69) is 33.0 Å². The molecule has 0 fully saturated rings. The minimum Gasteiger partial charge on any atom is -0.483 e. The zero-order chi connectivity index (χ0) is 25.3. The van der Waals surface area contributed by atoms with Crippen LogP contribution in [-0.4, -0.2) is 35.9 Å². The summed E-state index contributed by atoms with van der Waals surface area (Å²) in [6, 6.07) is 12.2. The van der Waals surface area contributed by atoms with Crippen molar-refractivity contribution in [1.82, 2.24) is 10.2 Å². The van der Waals surface area contributed by atoms with Gasteiger partial charge < -0.3 is 15.0 Å². The van der Waals surface area contributed by atoms with Crippen LogP contribution in [-0.2, 0) is 21.5 Å². The van der Waals surface area contributed by atoms with Crippen molar-refractivity contribution < 1.29 is 14.3 Å². The minimum atomic E-state index is -0.668. The molecule has 2 rings (SSSR count). The van der Waals surface area contributed by atoms with Gasteiger partial charge in [0.25, 0.3) is 5.91 Å². The van der Waals surface area contributed by atoms with Gasteiger partial charge in [-0.3, -0.25) is 9.59 Å². The number of hydrogen-bond acceptors (Lipinski definition) is 3. The largest absolute Gasteiger partial charge is 0.483 e. The van der Waals surface area contributed by atoms with E-state index in [9.17, 15) is 9.59 Å². The Bertz CT molecular complexity index is 952. The molecule has 0 bridgehead atoms. The average Bonchev–Trinajstić information content (AvgIpc) is 2.79. The maximum atomic E-state index is 13.5. The molecular formula is C27H36Cl2N2O3. The van der Waals surface area contributed by atoms with Crippen LogP contribution in [0.25, 0.3) is 0 Å². The van der Waals surface area contributed by atoms with Crippen LogP contribution in [0.2, 0.25) is 10.0 Å². The lowest BCUT2D eigenvalue weighted by Gasteiger charge is -2.31. The molecule has 0 heterocycles. The first-order valence-electron chi connectivity index (χ1n) is 11.8. The van der Waals surface area contributed by atoms with E-state index in [0.29, 0.717) is 34.3 Å². The number of nitrogens with zero attached hydrogens (tertiary/aromatic N) is 1. The number of ether oxygens (including phenoxy) is 1. The Kier molecular flexibility index (Phi) is 10.7. The van der Waals surface area contributed by atoms with E-state index in [1.165, 1.54) is 4.90 Å². The number of halogens is 2. The Morgan fingerprint density at radius 3 is 2.26 bits per heavy atom. The average molecular weight is 508 g/mol. The molecule has 186 valence electrons. The summed E-state index contributed by atoms with van der Waals surface area (Å²) in [5, 5.41) is 3.85. The number of unbranched alkanes of at least 4 members (excludes halogenated alkanes) is 1. The maximum Gasteiger partial charge on any atom is 0.261 e. The Hall–Kier alpha value is -2.24. The van der Waals surface area contributed by atoms with Gasteiger partial charge in [0.1, 0.15) is 11.8 Å². The van der Waals surface area contributed by atoms with Crippen molar-refractivity contribution in [2.24, 2.45) is 0 Å². The highest BCUT2D eigenvalue weighted by atomic mass is 35.5. The molecule has 1 atom stereocenters. The van der Waals surface area contributed by atoms with Gasteiger partial charge in [-0.15, -0.1) is 0 Å². The van der Waals surface area contributed by atoms with Crippen LogP contribution in [0, 0.1) is 0 Å². The molecule has 0 saturated carbocycles. The molecule has 0 aliphatic heterocycles. The van der Waals surface area contributed by atoms with Crippen molar-refractivity contribution >= 4 is 35.0 Å². The highest BCUT2D eigenvalue weighted by Gasteiger charge is 2.30. The Morgan fingerprint density at radius 1 is 1.03 bits per heavy atom. The fraction of sp³-hybridized carbons (Fsp3) is 0.481. The van der Waals surface area contributed by atoms with Crippen LogP contribution in [0.1, 0.15) is 65.0 Å². The summed E-state index contributed by atoms with van der Waals surface area (Å²) in [7, 11) is 0. The lowest BCUT2D eigenvalue weighted by molar-refractivity contribution is -0.143. The summed E-state index contributed by atoms with van der Waals surface area (Å²) in [6.07, 6.45) is 2.29. The van der Waals surface area contributed by atoms with Crippen LogP contribution in [0.4, 0.5) is 0 Å². The molecular weight excluding hydrogens is 471 g/mol. The van der Waals surface area contributed by atoms with E-state index < -0.39 is 6.04 Å². The van der Waals surface area contributed by atoms with Gasteiger partial charge in [0.2, 0.25) is 5.91 Å². The Balaban J connectivity index is 2.31. The van der Waals surface area contributed by atoms with Crippen LogP contribution in [0.5, 0.6) is 5.75 Å². The predicted octanol–water partition coefficient (Wildman–Crippen LogP) is 6.39. The Morgan fingerprint density at radius 2 is 1.68 bits per heavy atom. The van der Waals surface area contributed by atoms with Crippen LogP contribution in [0.3, 0.4) is 0 Å². The molecule has 2 aromatic carbocycles. The molecule has 2 amide bonds. The first-order chi connectivity index (χ1) is 16.1. The standard InChI is InChI=1S/C27H36Cl2N2O3/c1-6-8-16-30-26(33)23(7-2)31(17-19-21(28)13-11-14-22(19)29)25(32)18-34-24-15-10-9-12-20(24)27(3,4)5/h9-15,23H,6-8,16-18H2,1-5H3,(H,30,33)/t23-/m0/s1. The number of carbonyl (C=O) groups excluding carboxylic acids is 2. The predicted molar refractivity (Wildman–Crippen MR) is 140 cm³/mol. The molecule has 5 nitrogen and oxygen atoms in total. The van der Waals surface area contributed by atoms with Gasteiger partial charge in [-0.1, -0.05) is 88.5 Å². The second-order valence-electron chi connectivity index (χ2n) is 9.33. The molecule has 1 N–H and O–H groups in total. The second-order valence-corrected chi connectivity index (χ2v) is 10.1. The second kappa shape index (κ2) is 13.0. The summed E-state index contributed by atoms with van der Waals surface area (Å²) in [4.78, 5) is 28.0. The molecule has 0 aliphatic carbocycles. The first-order valence-corrected chi connectivity index (χ1v) is 12.6. The van der Waals surface area contributed by atoms with Gasteiger partial charge in [-0.2, -0.15) is 0 Å². The fourth-order valence-corrected chi connectivity index (χ4v) is 4.23. The molecule has 7 heteroatoms. The van der Waals surface area contributed by atoms with E-state index in [4.69, 9.17) is 27.9 Å². The number of nitrogens with one attached hydrogen (secondary N) is 1. The summed E-state index contributed by atoms with van der Waals surface area (Å²) >= 11 is 12.8. The van der Waals surface area contributed by atoms with Crippen molar-refractivity contribution in [1.29, 1.82) is 0 Å². The van der Waals surface area contributed by atoms with E-state index in [0.717, 1.165) is 18.4 Å². The van der Waals surface area contributed by atoms with E-state index >= 15 is 0 Å². The molecule has 0 aliphatic rings. The maximum absolute atomic E-state index is 13.5. The van der Waals surface area contributed by atoms with Crippen molar-refractivity contribution in [2.75, 3.05) is 13.2 Å². The van der Waals surface area contributed by atoms with Crippen molar-refractivity contribution in [3.05, 3.63) is 63.6 Å². The molecule has 0 unspecified atom stereocenters. The minimum absolute atomic E-state index is 0.112. The van der Waals surface area contributed by atoms with E-state index in [1.54, 1.807) is 18.2 Å². The number of para-hydroxylation sites is 1. The third-order valence-electron chi connectivity index (χ3n) is 5.65. The van der Waals surface area contributed by atoms with Crippen molar-refractivity contribution in [3.63, 3.8) is 0 Å². The normalized spacial score (nSPS) is 12.2. The number of rotatable bonds is 11. The SMILES string of the molecule is CCCCNC(=O)[C@H](CC)N(Cc1c(Cl)cccc1Cl)C(=O)COc1ccccc1C(C)(C)C. The smallest absolute Gasteiger partial charge is 0.261 e. The molecule has 0 saturated heterocycles. The fourth-order valence-electron chi connectivity index (χ4n) is 3.71. The highest BCUT2D eigenvalue weighted by Crippen LogP contribution is 2.31. The summed E-state index contributed by atoms with van der Waals surface area (Å²) in [5.41, 5.74) is 1.47. The molecule has 0 spiro atoms. The molecule has 0 aromatic heterocycles. The third-order valence-corrected chi connectivity index (χ3v) is 6.36. The highest BCUT2D eigenvalue weighted by molar-refractivity contribution is 6.36. The van der Waals surface area contributed by atoms with Crippen LogP contribution >= 0.6 is 23.2 Å². The summed E-state index contributed by atoms with van der Waals surface area (Å²) in [6.45, 7) is 10.7. The van der Waals surface area contributed by atoms with Crippen LogP contribution < -0.4 is 10.1 Å². The number of carbonyl (C=O) groups is 2. The molecule has 2 aromatic rings. The lowest BCUT2D eigenvalue weighted by Crippen LogP contribution is -2.50. The van der Waals surface area contributed by atoms with Crippen LogP contribution in [0.15, 0.2) is 42.5 Å². The van der Waals surface area contributed by atoms with Gasteiger partial charge >= 0.3 is 0 Å². The number of benzene rings is 2. The van der Waals surface area contributed by atoms with E-state index in [-0.39, 0.29) is 30.4 Å². The lowest BCUT2D eigenvalue weighted by atomic mass is 9.86. The quantitative estimate of drug-likeness (QED) is 0.359. The molecule has 0 radical (unpaired) electrons. The zero-order valence-electron chi connectivity index (χ0n) is 20.8. The van der Waals surface area contributed by atoms with Crippen molar-refractivity contribution in [2.45, 2.75) is 71.9 Å². The topological polar surface area (TPSA) is 58.6 Å².